The number of aliphatic hydroxyl groups excluding tert-OH is 1. The van der Waals surface area contributed by atoms with E-state index in [-0.39, 0.29) is 6.61 Å². The summed E-state index contributed by atoms with van der Waals surface area (Å²) < 4.78 is 6.99. The minimum absolute atomic E-state index is 0.0174. The van der Waals surface area contributed by atoms with Crippen LogP contribution >= 0.6 is 0 Å². The van der Waals surface area contributed by atoms with Gasteiger partial charge in [-0.15, -0.1) is 0 Å². The van der Waals surface area contributed by atoms with Gasteiger partial charge in [0.1, 0.15) is 5.75 Å². The molecule has 1 aromatic carbocycles. The van der Waals surface area contributed by atoms with E-state index in [0.717, 1.165) is 17.0 Å². The van der Waals surface area contributed by atoms with E-state index in [0.29, 0.717) is 12.2 Å². The molecular formula is C13H16N2O2. The highest BCUT2D eigenvalue weighted by molar-refractivity contribution is 5.27. The van der Waals surface area contributed by atoms with Crippen molar-refractivity contribution in [1.29, 1.82) is 0 Å². The second-order valence-corrected chi connectivity index (χ2v) is 3.94. The zero-order chi connectivity index (χ0) is 12.3. The van der Waals surface area contributed by atoms with E-state index in [9.17, 15) is 0 Å². The van der Waals surface area contributed by atoms with Gasteiger partial charge in [0.05, 0.1) is 26.0 Å². The smallest absolute Gasteiger partial charge is 0.118 e. The number of rotatable bonds is 4. The highest BCUT2D eigenvalue weighted by Crippen LogP contribution is 2.13. The topological polar surface area (TPSA) is 47.3 Å². The number of aliphatic hydroxyl groups is 1. The molecule has 0 aliphatic carbocycles. The van der Waals surface area contributed by atoms with Crippen LogP contribution in [0.3, 0.4) is 0 Å². The van der Waals surface area contributed by atoms with Gasteiger partial charge in [-0.05, 0) is 30.7 Å². The Bertz CT molecular complexity index is 489. The Morgan fingerprint density at radius 1 is 1.29 bits per heavy atom. The van der Waals surface area contributed by atoms with Gasteiger partial charge < -0.3 is 9.84 Å². The molecular weight excluding hydrogens is 216 g/mol. The van der Waals surface area contributed by atoms with Crippen LogP contribution in [0.4, 0.5) is 0 Å². The molecule has 0 bridgehead atoms. The molecule has 17 heavy (non-hydrogen) atoms. The van der Waals surface area contributed by atoms with Gasteiger partial charge in [0.15, 0.2) is 0 Å². The third-order valence-corrected chi connectivity index (χ3v) is 2.69. The Morgan fingerprint density at radius 2 is 2.00 bits per heavy atom. The fourth-order valence-corrected chi connectivity index (χ4v) is 1.72. The second kappa shape index (κ2) is 5.01. The zero-order valence-electron chi connectivity index (χ0n) is 10.1. The summed E-state index contributed by atoms with van der Waals surface area (Å²) in [7, 11) is 1.65. The monoisotopic (exact) mass is 232 g/mol. The molecule has 0 spiro atoms. The molecule has 0 saturated heterocycles. The number of benzene rings is 1. The summed E-state index contributed by atoms with van der Waals surface area (Å²) in [6.07, 6.45) is 0. The van der Waals surface area contributed by atoms with Crippen LogP contribution in [0.15, 0.2) is 30.3 Å². The fraction of sp³-hybridized carbons (Fsp3) is 0.308. The lowest BCUT2D eigenvalue weighted by atomic mass is 10.2. The molecule has 0 saturated carbocycles. The maximum Gasteiger partial charge on any atom is 0.118 e. The molecule has 0 unspecified atom stereocenters. The predicted octanol–water partition coefficient (Wildman–Crippen LogP) is 1.74. The average Bonchev–Trinajstić information content (AvgIpc) is 2.71. The first-order chi connectivity index (χ1) is 8.22. The fourth-order valence-electron chi connectivity index (χ4n) is 1.72. The highest BCUT2D eigenvalue weighted by Gasteiger charge is 2.04. The van der Waals surface area contributed by atoms with Crippen molar-refractivity contribution in [2.75, 3.05) is 7.11 Å². The number of aromatic nitrogens is 2. The van der Waals surface area contributed by atoms with Gasteiger partial charge >= 0.3 is 0 Å². The minimum Gasteiger partial charge on any atom is -0.497 e. The van der Waals surface area contributed by atoms with Crippen LogP contribution in [0.2, 0.25) is 0 Å². The normalized spacial score (nSPS) is 10.5. The lowest BCUT2D eigenvalue weighted by Crippen LogP contribution is -2.04. The van der Waals surface area contributed by atoms with Crippen molar-refractivity contribution < 1.29 is 9.84 Å². The van der Waals surface area contributed by atoms with Crippen LogP contribution < -0.4 is 4.74 Å². The van der Waals surface area contributed by atoms with E-state index in [1.165, 1.54) is 0 Å². The molecule has 1 aromatic heterocycles. The van der Waals surface area contributed by atoms with Crippen molar-refractivity contribution in [3.05, 3.63) is 47.3 Å². The average molecular weight is 232 g/mol. The second-order valence-electron chi connectivity index (χ2n) is 3.94. The van der Waals surface area contributed by atoms with Gasteiger partial charge in [-0.1, -0.05) is 12.1 Å². The predicted molar refractivity (Wildman–Crippen MR) is 65.0 cm³/mol. The molecule has 0 atom stereocenters. The molecule has 0 fully saturated rings. The molecule has 0 aliphatic rings. The molecule has 1 heterocycles. The van der Waals surface area contributed by atoms with Crippen LogP contribution in [-0.2, 0) is 13.2 Å². The molecule has 90 valence electrons. The van der Waals surface area contributed by atoms with Gasteiger partial charge in [-0.25, -0.2) is 0 Å². The minimum atomic E-state index is -0.0174. The molecule has 1 N–H and O–H groups in total. The molecule has 0 amide bonds. The first-order valence-corrected chi connectivity index (χ1v) is 5.50. The standard InChI is InChI=1S/C13H16N2O2/c1-10-7-12(9-16)14-15(10)8-11-3-5-13(17-2)6-4-11/h3-7,16H,8-9H2,1-2H3. The van der Waals surface area contributed by atoms with E-state index in [1.54, 1.807) is 7.11 Å². The van der Waals surface area contributed by atoms with Crippen LogP contribution in [0.5, 0.6) is 5.75 Å². The van der Waals surface area contributed by atoms with Gasteiger partial charge in [0.2, 0.25) is 0 Å². The molecule has 2 aromatic rings. The van der Waals surface area contributed by atoms with E-state index in [4.69, 9.17) is 9.84 Å². The summed E-state index contributed by atoms with van der Waals surface area (Å²) in [6, 6.07) is 9.78. The van der Waals surface area contributed by atoms with E-state index < -0.39 is 0 Å². The Balaban J connectivity index is 2.16. The van der Waals surface area contributed by atoms with E-state index in [2.05, 4.69) is 5.10 Å². The Labute approximate surface area is 100 Å². The van der Waals surface area contributed by atoms with Gasteiger partial charge in [-0.3, -0.25) is 4.68 Å². The Kier molecular flexibility index (Phi) is 3.44. The first-order valence-electron chi connectivity index (χ1n) is 5.50. The van der Waals surface area contributed by atoms with Crippen molar-refractivity contribution in [3.63, 3.8) is 0 Å². The lowest BCUT2D eigenvalue weighted by Gasteiger charge is -2.05. The van der Waals surface area contributed by atoms with E-state index in [1.807, 2.05) is 41.9 Å². The summed E-state index contributed by atoms with van der Waals surface area (Å²) in [6.45, 7) is 2.67. The molecule has 0 radical (unpaired) electrons. The van der Waals surface area contributed by atoms with Crippen molar-refractivity contribution in [2.45, 2.75) is 20.1 Å². The van der Waals surface area contributed by atoms with Crippen LogP contribution in [-0.4, -0.2) is 22.0 Å². The van der Waals surface area contributed by atoms with Crippen molar-refractivity contribution in [3.8, 4) is 5.75 Å². The quantitative estimate of drug-likeness (QED) is 0.873. The SMILES string of the molecule is COc1ccc(Cn2nc(CO)cc2C)cc1. The summed E-state index contributed by atoms with van der Waals surface area (Å²) >= 11 is 0. The molecule has 2 rings (SSSR count). The van der Waals surface area contributed by atoms with Crippen LogP contribution in [0.25, 0.3) is 0 Å². The number of methoxy groups -OCH3 is 1. The molecule has 4 nitrogen and oxygen atoms in total. The van der Waals surface area contributed by atoms with E-state index >= 15 is 0 Å². The summed E-state index contributed by atoms with van der Waals surface area (Å²) in [5, 5.41) is 13.3. The lowest BCUT2D eigenvalue weighted by molar-refractivity contribution is 0.275. The first kappa shape index (κ1) is 11.7. The van der Waals surface area contributed by atoms with Gasteiger partial charge in [0, 0.05) is 5.69 Å². The largest absolute Gasteiger partial charge is 0.497 e. The number of aryl methyl sites for hydroxylation is 1. The van der Waals surface area contributed by atoms with Crippen molar-refractivity contribution in [1.82, 2.24) is 9.78 Å². The number of hydrogen-bond acceptors (Lipinski definition) is 3. The number of nitrogens with zero attached hydrogens (tertiary/aromatic N) is 2. The van der Waals surface area contributed by atoms with Crippen molar-refractivity contribution >= 4 is 0 Å². The van der Waals surface area contributed by atoms with Crippen LogP contribution in [0, 0.1) is 6.92 Å². The van der Waals surface area contributed by atoms with Gasteiger partial charge in [-0.2, -0.15) is 5.10 Å². The molecule has 0 aliphatic heterocycles. The maximum absolute atomic E-state index is 9.02. The Morgan fingerprint density at radius 3 is 2.53 bits per heavy atom. The highest BCUT2D eigenvalue weighted by atomic mass is 16.5. The Hall–Kier alpha value is -1.81. The third kappa shape index (κ3) is 2.65. The summed E-state index contributed by atoms with van der Waals surface area (Å²) in [5.74, 6) is 0.849. The van der Waals surface area contributed by atoms with Crippen molar-refractivity contribution in [2.24, 2.45) is 0 Å². The number of hydrogen-bond donors (Lipinski definition) is 1. The third-order valence-electron chi connectivity index (χ3n) is 2.69. The zero-order valence-corrected chi connectivity index (χ0v) is 10.1. The summed E-state index contributed by atoms with van der Waals surface area (Å²) in [5.41, 5.74) is 2.90. The molecule has 4 heteroatoms. The van der Waals surface area contributed by atoms with Crippen LogP contribution in [0.1, 0.15) is 17.0 Å². The number of ether oxygens (including phenoxy) is 1. The van der Waals surface area contributed by atoms with Gasteiger partial charge in [0.25, 0.3) is 0 Å². The maximum atomic E-state index is 9.02. The summed E-state index contributed by atoms with van der Waals surface area (Å²) in [4.78, 5) is 0.